The molecule has 0 aliphatic carbocycles. The van der Waals surface area contributed by atoms with Gasteiger partial charge in [0.15, 0.2) is 0 Å². The minimum absolute atomic E-state index is 0.215. The van der Waals surface area contributed by atoms with Gasteiger partial charge in [0.25, 0.3) is 5.56 Å². The summed E-state index contributed by atoms with van der Waals surface area (Å²) in [6.07, 6.45) is 1.85. The number of amides is 2. The zero-order valence-corrected chi connectivity index (χ0v) is 16.0. The molecule has 0 saturated carbocycles. The van der Waals surface area contributed by atoms with Crippen LogP contribution in [0.15, 0.2) is 40.1 Å². The fraction of sp³-hybridized carbons (Fsp3) is 0.294. The highest BCUT2D eigenvalue weighted by Gasteiger charge is 2.18. The molecule has 0 bridgehead atoms. The number of nitrogens with zero attached hydrogens (tertiary/aromatic N) is 2. The van der Waals surface area contributed by atoms with Crippen LogP contribution >= 0.6 is 23.2 Å². The van der Waals surface area contributed by atoms with Gasteiger partial charge in [-0.05, 0) is 24.6 Å². The van der Waals surface area contributed by atoms with Gasteiger partial charge >= 0.3 is 5.69 Å². The lowest BCUT2D eigenvalue weighted by molar-refractivity contribution is -0.135. The lowest BCUT2D eigenvalue weighted by atomic mass is 10.3. The van der Waals surface area contributed by atoms with Gasteiger partial charge < -0.3 is 10.2 Å². The van der Waals surface area contributed by atoms with Crippen LogP contribution < -0.4 is 16.6 Å². The first-order valence-corrected chi connectivity index (χ1v) is 8.88. The Kier molecular flexibility index (Phi) is 7.20. The molecule has 0 unspecified atom stereocenters. The van der Waals surface area contributed by atoms with Gasteiger partial charge in [-0.3, -0.25) is 23.9 Å². The lowest BCUT2D eigenvalue weighted by Crippen LogP contribution is -2.42. The number of nitrogens with one attached hydrogen (secondary N) is 2. The maximum atomic E-state index is 12.5. The SMILES string of the molecule is CCCN(CC(=O)Nc1cc(Cl)ccc1Cl)C(=O)Cn1ccc(=O)[nH]c1=O. The number of benzene rings is 1. The van der Waals surface area contributed by atoms with Gasteiger partial charge in [-0.15, -0.1) is 0 Å². The molecule has 0 radical (unpaired) electrons. The van der Waals surface area contributed by atoms with Crippen molar-refractivity contribution in [1.29, 1.82) is 0 Å². The summed E-state index contributed by atoms with van der Waals surface area (Å²) in [5.41, 5.74) is -0.899. The smallest absolute Gasteiger partial charge is 0.328 e. The Morgan fingerprint density at radius 2 is 1.96 bits per heavy atom. The predicted octanol–water partition coefficient (Wildman–Crippen LogP) is 1.72. The van der Waals surface area contributed by atoms with Gasteiger partial charge in [-0.2, -0.15) is 0 Å². The van der Waals surface area contributed by atoms with Gasteiger partial charge in [0, 0.05) is 23.8 Å². The van der Waals surface area contributed by atoms with E-state index in [9.17, 15) is 19.2 Å². The first-order valence-electron chi connectivity index (χ1n) is 8.12. The summed E-state index contributed by atoms with van der Waals surface area (Å²) >= 11 is 11.9. The minimum atomic E-state index is -0.692. The lowest BCUT2D eigenvalue weighted by Gasteiger charge is -2.22. The summed E-state index contributed by atoms with van der Waals surface area (Å²) in [4.78, 5) is 51.0. The van der Waals surface area contributed by atoms with Crippen molar-refractivity contribution in [3.8, 4) is 0 Å². The van der Waals surface area contributed by atoms with Crippen molar-refractivity contribution in [2.75, 3.05) is 18.4 Å². The first-order chi connectivity index (χ1) is 12.8. The van der Waals surface area contributed by atoms with Crippen molar-refractivity contribution < 1.29 is 9.59 Å². The molecule has 0 fully saturated rings. The van der Waals surface area contributed by atoms with Crippen molar-refractivity contribution in [3.63, 3.8) is 0 Å². The third-order valence-electron chi connectivity index (χ3n) is 3.59. The second-order valence-electron chi connectivity index (χ2n) is 5.73. The summed E-state index contributed by atoms with van der Waals surface area (Å²) in [6, 6.07) is 5.80. The monoisotopic (exact) mass is 412 g/mol. The number of hydrogen-bond acceptors (Lipinski definition) is 4. The number of aromatic amines is 1. The standard InChI is InChI=1S/C17H18Cl2N4O4/c1-2-6-22(16(26)10-23-7-5-14(24)21-17(23)27)9-15(25)20-13-8-11(18)3-4-12(13)19/h3-5,7-8H,2,6,9-10H2,1H3,(H,20,25)(H,21,24,27). The van der Waals surface area contributed by atoms with Crippen LogP contribution in [0.1, 0.15) is 13.3 Å². The molecular formula is C17H18Cl2N4O4. The van der Waals surface area contributed by atoms with Crippen LogP contribution in [-0.4, -0.2) is 39.4 Å². The Morgan fingerprint density at radius 3 is 2.63 bits per heavy atom. The van der Waals surface area contributed by atoms with E-state index >= 15 is 0 Å². The zero-order valence-electron chi connectivity index (χ0n) is 14.5. The van der Waals surface area contributed by atoms with E-state index in [0.717, 1.165) is 10.6 Å². The van der Waals surface area contributed by atoms with E-state index in [1.807, 2.05) is 6.92 Å². The second kappa shape index (κ2) is 9.38. The molecule has 0 saturated heterocycles. The highest BCUT2D eigenvalue weighted by atomic mass is 35.5. The topological polar surface area (TPSA) is 104 Å². The number of halogens is 2. The Balaban J connectivity index is 2.08. The van der Waals surface area contributed by atoms with Gasteiger partial charge in [-0.1, -0.05) is 30.1 Å². The van der Waals surface area contributed by atoms with E-state index in [-0.39, 0.29) is 13.1 Å². The van der Waals surface area contributed by atoms with E-state index in [2.05, 4.69) is 10.3 Å². The van der Waals surface area contributed by atoms with E-state index in [1.54, 1.807) is 12.1 Å². The first kappa shape index (κ1) is 20.7. The number of rotatable bonds is 7. The average Bonchev–Trinajstić information content (AvgIpc) is 2.60. The predicted molar refractivity (Wildman–Crippen MR) is 103 cm³/mol. The summed E-state index contributed by atoms with van der Waals surface area (Å²) in [6.45, 7) is 1.68. The van der Waals surface area contributed by atoms with Crippen molar-refractivity contribution in [3.05, 3.63) is 61.3 Å². The fourth-order valence-electron chi connectivity index (χ4n) is 2.33. The normalized spacial score (nSPS) is 10.5. The molecule has 10 heteroatoms. The number of H-pyrrole nitrogens is 1. The maximum absolute atomic E-state index is 12.5. The average molecular weight is 413 g/mol. The third-order valence-corrected chi connectivity index (χ3v) is 4.15. The van der Waals surface area contributed by atoms with Gasteiger partial charge in [0.05, 0.1) is 17.3 Å². The van der Waals surface area contributed by atoms with Crippen molar-refractivity contribution in [2.24, 2.45) is 0 Å². The molecule has 2 amide bonds. The van der Waals surface area contributed by atoms with Crippen molar-refractivity contribution in [1.82, 2.24) is 14.5 Å². The highest BCUT2D eigenvalue weighted by molar-refractivity contribution is 6.35. The third kappa shape index (κ3) is 5.97. The molecule has 2 rings (SSSR count). The van der Waals surface area contributed by atoms with Crippen LogP contribution in [0.4, 0.5) is 5.69 Å². The largest absolute Gasteiger partial charge is 0.332 e. The van der Waals surface area contributed by atoms with Crippen LogP contribution in [0.25, 0.3) is 0 Å². The Bertz CT molecular complexity index is 954. The molecule has 1 aromatic heterocycles. The molecular weight excluding hydrogens is 395 g/mol. The molecule has 2 aromatic rings. The summed E-state index contributed by atoms with van der Waals surface area (Å²) < 4.78 is 1.07. The summed E-state index contributed by atoms with van der Waals surface area (Å²) in [7, 11) is 0. The maximum Gasteiger partial charge on any atom is 0.328 e. The Labute approximate surface area is 164 Å². The van der Waals surface area contributed by atoms with Crippen LogP contribution in [-0.2, 0) is 16.1 Å². The Hall–Kier alpha value is -2.58. The molecule has 144 valence electrons. The van der Waals surface area contributed by atoms with Crippen molar-refractivity contribution >= 4 is 40.7 Å². The van der Waals surface area contributed by atoms with E-state index in [1.165, 1.54) is 17.2 Å². The number of carbonyl (C=O) groups is 2. The van der Waals surface area contributed by atoms with Crippen LogP contribution in [0.5, 0.6) is 0 Å². The van der Waals surface area contributed by atoms with Crippen LogP contribution in [0.3, 0.4) is 0 Å². The van der Waals surface area contributed by atoms with Gasteiger partial charge in [-0.25, -0.2) is 4.79 Å². The Morgan fingerprint density at radius 1 is 1.22 bits per heavy atom. The molecule has 0 atom stereocenters. The van der Waals surface area contributed by atoms with Crippen LogP contribution in [0, 0.1) is 0 Å². The summed E-state index contributed by atoms with van der Waals surface area (Å²) in [5, 5.41) is 3.34. The molecule has 2 N–H and O–H groups in total. The van der Waals surface area contributed by atoms with E-state index in [4.69, 9.17) is 23.2 Å². The quantitative estimate of drug-likeness (QED) is 0.721. The van der Waals surface area contributed by atoms with E-state index < -0.39 is 23.1 Å². The molecule has 1 heterocycles. The fourth-order valence-corrected chi connectivity index (χ4v) is 2.67. The van der Waals surface area contributed by atoms with Crippen LogP contribution in [0.2, 0.25) is 10.0 Å². The minimum Gasteiger partial charge on any atom is -0.332 e. The van der Waals surface area contributed by atoms with Gasteiger partial charge in [0.1, 0.15) is 6.54 Å². The molecule has 0 spiro atoms. The second-order valence-corrected chi connectivity index (χ2v) is 6.57. The number of aromatic nitrogens is 2. The number of carbonyl (C=O) groups excluding carboxylic acids is 2. The molecule has 27 heavy (non-hydrogen) atoms. The number of hydrogen-bond donors (Lipinski definition) is 2. The molecule has 1 aromatic carbocycles. The molecule has 8 nitrogen and oxygen atoms in total. The molecule has 0 aliphatic heterocycles. The van der Waals surface area contributed by atoms with Crippen molar-refractivity contribution in [2.45, 2.75) is 19.9 Å². The van der Waals surface area contributed by atoms with E-state index in [0.29, 0.717) is 28.7 Å². The molecule has 0 aliphatic rings. The van der Waals surface area contributed by atoms with Gasteiger partial charge in [0.2, 0.25) is 11.8 Å². The zero-order chi connectivity index (χ0) is 20.0. The summed E-state index contributed by atoms with van der Waals surface area (Å²) in [5.74, 6) is -0.881. The number of anilines is 1. The highest BCUT2D eigenvalue weighted by Crippen LogP contribution is 2.25.